The summed E-state index contributed by atoms with van der Waals surface area (Å²) in [6.07, 6.45) is 0. The second-order valence-electron chi connectivity index (χ2n) is 4.39. The lowest BCUT2D eigenvalue weighted by Gasteiger charge is -2.13. The molecule has 0 radical (unpaired) electrons. The van der Waals surface area contributed by atoms with E-state index in [1.165, 1.54) is 14.3 Å². The van der Waals surface area contributed by atoms with Crippen LogP contribution in [0.2, 0.25) is 0 Å². The van der Waals surface area contributed by atoms with E-state index in [1.807, 2.05) is 18.2 Å². The van der Waals surface area contributed by atoms with Crippen molar-refractivity contribution in [2.24, 2.45) is 5.73 Å². The molecule has 0 spiro atoms. The fourth-order valence-electron chi connectivity index (χ4n) is 2.15. The molecule has 0 saturated carbocycles. The maximum Gasteiger partial charge on any atom is 0.161 e. The number of hydrogen-bond acceptors (Lipinski definition) is 5. The summed E-state index contributed by atoms with van der Waals surface area (Å²) in [4.78, 5) is 1.17. The zero-order valence-corrected chi connectivity index (χ0v) is 12.9. The van der Waals surface area contributed by atoms with Gasteiger partial charge in [0, 0.05) is 14.3 Å². The quantitative estimate of drug-likeness (QED) is 0.791. The van der Waals surface area contributed by atoms with Crippen LogP contribution in [-0.4, -0.2) is 14.2 Å². The van der Waals surface area contributed by atoms with Gasteiger partial charge in [-0.1, -0.05) is 6.07 Å². The van der Waals surface area contributed by atoms with Gasteiger partial charge in [0.25, 0.3) is 0 Å². The largest absolute Gasteiger partial charge is 0.493 e. The highest BCUT2D eigenvalue weighted by atomic mass is 32.1. The first-order chi connectivity index (χ1) is 9.72. The molecule has 0 aliphatic carbocycles. The van der Waals surface area contributed by atoms with Crippen LogP contribution >= 0.6 is 22.7 Å². The lowest BCUT2D eigenvalue weighted by molar-refractivity contribution is 0.354. The zero-order chi connectivity index (χ0) is 14.1. The minimum Gasteiger partial charge on any atom is -0.493 e. The molecule has 0 aliphatic rings. The minimum absolute atomic E-state index is 0.139. The molecule has 2 aromatic heterocycles. The Kier molecular flexibility index (Phi) is 3.65. The van der Waals surface area contributed by atoms with Crippen LogP contribution in [0.5, 0.6) is 11.5 Å². The van der Waals surface area contributed by atoms with E-state index in [9.17, 15) is 0 Å². The molecular weight excluding hydrogens is 290 g/mol. The van der Waals surface area contributed by atoms with Gasteiger partial charge in [0.15, 0.2) is 11.5 Å². The lowest BCUT2D eigenvalue weighted by atomic mass is 10.1. The molecule has 3 nitrogen and oxygen atoms in total. The van der Waals surface area contributed by atoms with Gasteiger partial charge in [-0.3, -0.25) is 0 Å². The Labute approximate surface area is 125 Å². The average molecular weight is 305 g/mol. The molecule has 5 heteroatoms. The molecule has 1 atom stereocenters. The first-order valence-electron chi connectivity index (χ1n) is 6.17. The van der Waals surface area contributed by atoms with E-state index in [4.69, 9.17) is 15.2 Å². The van der Waals surface area contributed by atoms with Gasteiger partial charge in [0.2, 0.25) is 0 Å². The van der Waals surface area contributed by atoms with Crippen molar-refractivity contribution < 1.29 is 9.47 Å². The van der Waals surface area contributed by atoms with Crippen molar-refractivity contribution in [3.05, 3.63) is 46.2 Å². The summed E-state index contributed by atoms with van der Waals surface area (Å²) >= 11 is 3.49. The van der Waals surface area contributed by atoms with E-state index in [0.29, 0.717) is 5.75 Å². The zero-order valence-electron chi connectivity index (χ0n) is 11.3. The van der Waals surface area contributed by atoms with Gasteiger partial charge in [-0.25, -0.2) is 0 Å². The van der Waals surface area contributed by atoms with E-state index in [1.54, 1.807) is 36.9 Å². The first kappa shape index (κ1) is 13.4. The predicted molar refractivity (Wildman–Crippen MR) is 85.3 cm³/mol. The minimum atomic E-state index is -0.139. The van der Waals surface area contributed by atoms with Gasteiger partial charge in [-0.05, 0) is 35.2 Å². The van der Waals surface area contributed by atoms with E-state index >= 15 is 0 Å². The molecule has 2 N–H and O–H groups in total. The molecule has 0 bridgehead atoms. The van der Waals surface area contributed by atoms with Crippen molar-refractivity contribution in [2.75, 3.05) is 14.2 Å². The summed E-state index contributed by atoms with van der Waals surface area (Å²) in [5.41, 5.74) is 7.40. The van der Waals surface area contributed by atoms with E-state index in [2.05, 4.69) is 17.5 Å². The SMILES string of the molecule is COc1ccc(C(N)c2cc3sccc3s2)cc1OC. The van der Waals surface area contributed by atoms with Crippen LogP contribution in [0.25, 0.3) is 9.40 Å². The Bertz CT molecular complexity index is 704. The van der Waals surface area contributed by atoms with E-state index < -0.39 is 0 Å². The molecule has 2 heterocycles. The Balaban J connectivity index is 1.97. The van der Waals surface area contributed by atoms with E-state index in [-0.39, 0.29) is 6.04 Å². The fraction of sp³-hybridized carbons (Fsp3) is 0.200. The normalized spacial score (nSPS) is 12.6. The van der Waals surface area contributed by atoms with Crippen molar-refractivity contribution in [1.29, 1.82) is 0 Å². The molecular formula is C15H15NO2S2. The summed E-state index contributed by atoms with van der Waals surface area (Å²) in [7, 11) is 3.26. The smallest absolute Gasteiger partial charge is 0.161 e. The third kappa shape index (κ3) is 2.28. The van der Waals surface area contributed by atoms with Crippen molar-refractivity contribution in [3.8, 4) is 11.5 Å². The third-order valence-electron chi connectivity index (χ3n) is 3.23. The van der Waals surface area contributed by atoms with Crippen LogP contribution in [-0.2, 0) is 0 Å². The number of nitrogens with two attached hydrogens (primary N) is 1. The van der Waals surface area contributed by atoms with E-state index in [0.717, 1.165) is 11.3 Å². The van der Waals surface area contributed by atoms with Crippen molar-refractivity contribution in [1.82, 2.24) is 0 Å². The number of fused-ring (bicyclic) bond motifs is 1. The lowest BCUT2D eigenvalue weighted by Crippen LogP contribution is -2.10. The number of methoxy groups -OCH3 is 2. The molecule has 0 fully saturated rings. The van der Waals surface area contributed by atoms with Crippen molar-refractivity contribution >= 4 is 32.1 Å². The number of ether oxygens (including phenoxy) is 2. The molecule has 1 unspecified atom stereocenters. The van der Waals surface area contributed by atoms with Gasteiger partial charge in [-0.15, -0.1) is 22.7 Å². The summed E-state index contributed by atoms with van der Waals surface area (Å²) < 4.78 is 13.2. The Morgan fingerprint density at radius 3 is 2.50 bits per heavy atom. The summed E-state index contributed by atoms with van der Waals surface area (Å²) in [5, 5.41) is 2.10. The highest BCUT2D eigenvalue weighted by Gasteiger charge is 2.15. The molecule has 0 amide bonds. The first-order valence-corrected chi connectivity index (χ1v) is 7.87. The Hall–Kier alpha value is -1.56. The van der Waals surface area contributed by atoms with Crippen LogP contribution in [0.1, 0.15) is 16.5 Å². The van der Waals surface area contributed by atoms with Crippen LogP contribution in [0.4, 0.5) is 0 Å². The standard InChI is InChI=1S/C15H15NO2S2/c1-17-10-4-3-9(7-11(10)18-2)15(16)14-8-13-12(20-14)5-6-19-13/h3-8,15H,16H2,1-2H3. The second-order valence-corrected chi connectivity index (χ2v) is 6.45. The summed E-state index contributed by atoms with van der Waals surface area (Å²) in [5.74, 6) is 1.43. The van der Waals surface area contributed by atoms with Crippen molar-refractivity contribution in [3.63, 3.8) is 0 Å². The molecule has 0 saturated heterocycles. The maximum absolute atomic E-state index is 6.37. The van der Waals surface area contributed by atoms with Crippen LogP contribution in [0.3, 0.4) is 0 Å². The fourth-order valence-corrected chi connectivity index (χ4v) is 4.30. The van der Waals surface area contributed by atoms with Gasteiger partial charge in [-0.2, -0.15) is 0 Å². The average Bonchev–Trinajstić information content (AvgIpc) is 3.06. The Morgan fingerprint density at radius 2 is 1.80 bits per heavy atom. The van der Waals surface area contributed by atoms with Gasteiger partial charge < -0.3 is 15.2 Å². The highest BCUT2D eigenvalue weighted by molar-refractivity contribution is 7.27. The third-order valence-corrected chi connectivity index (χ3v) is 5.41. The topological polar surface area (TPSA) is 44.5 Å². The highest BCUT2D eigenvalue weighted by Crippen LogP contribution is 2.37. The molecule has 1 aromatic carbocycles. The van der Waals surface area contributed by atoms with Gasteiger partial charge in [0.1, 0.15) is 0 Å². The predicted octanol–water partition coefficient (Wildman–Crippen LogP) is 4.03. The second kappa shape index (κ2) is 5.44. The van der Waals surface area contributed by atoms with Crippen LogP contribution in [0, 0.1) is 0 Å². The maximum atomic E-state index is 6.37. The van der Waals surface area contributed by atoms with Gasteiger partial charge >= 0.3 is 0 Å². The summed E-state index contributed by atoms with van der Waals surface area (Å²) in [6, 6.07) is 9.99. The van der Waals surface area contributed by atoms with Crippen LogP contribution in [0.15, 0.2) is 35.7 Å². The van der Waals surface area contributed by atoms with Gasteiger partial charge in [0.05, 0.1) is 20.3 Å². The number of thiophene rings is 2. The molecule has 20 heavy (non-hydrogen) atoms. The number of hydrogen-bond donors (Lipinski definition) is 1. The number of rotatable bonds is 4. The van der Waals surface area contributed by atoms with Crippen molar-refractivity contribution in [2.45, 2.75) is 6.04 Å². The summed E-state index contributed by atoms with van der Waals surface area (Å²) in [6.45, 7) is 0. The number of benzene rings is 1. The monoisotopic (exact) mass is 305 g/mol. The Morgan fingerprint density at radius 1 is 1.00 bits per heavy atom. The molecule has 104 valence electrons. The molecule has 3 aromatic rings. The molecule has 0 aliphatic heterocycles. The molecule has 3 rings (SSSR count). The van der Waals surface area contributed by atoms with Crippen LogP contribution < -0.4 is 15.2 Å².